The molecular weight excluding hydrogens is 361 g/mol. The highest BCUT2D eigenvalue weighted by Crippen LogP contribution is 2.27. The Morgan fingerprint density at radius 2 is 1.71 bits per heavy atom. The van der Waals surface area contributed by atoms with Crippen LogP contribution in [0.5, 0.6) is 0 Å². The fraction of sp³-hybridized carbons (Fsp3) is 0.0833. The monoisotopic (exact) mass is 384 g/mol. The van der Waals surface area contributed by atoms with Gasteiger partial charge in [0.15, 0.2) is 11.6 Å². The molecule has 0 N–H and O–H groups in total. The third kappa shape index (κ3) is 6.47. The van der Waals surface area contributed by atoms with Gasteiger partial charge in [-0.15, -0.1) is 0 Å². The first kappa shape index (κ1) is 22.8. The number of benzene rings is 1. The SMILES string of the molecule is C=Cc1ccc(/C=C/C(=C)/C=C\C(=C)C(=C)/C(F)=C(/F)C(=C)OCC)c(F)c1. The van der Waals surface area contributed by atoms with E-state index >= 15 is 0 Å². The van der Waals surface area contributed by atoms with Gasteiger partial charge in [-0.05, 0) is 29.7 Å². The van der Waals surface area contributed by atoms with Crippen LogP contribution in [0.15, 0.2) is 103 Å². The summed E-state index contributed by atoms with van der Waals surface area (Å²) in [7, 11) is 0. The normalized spacial score (nSPS) is 12.0. The lowest BCUT2D eigenvalue weighted by Gasteiger charge is -2.08. The summed E-state index contributed by atoms with van der Waals surface area (Å²) >= 11 is 0. The van der Waals surface area contributed by atoms with Gasteiger partial charge in [-0.3, -0.25) is 0 Å². The molecule has 0 spiro atoms. The van der Waals surface area contributed by atoms with Gasteiger partial charge in [-0.25, -0.2) is 8.78 Å². The summed E-state index contributed by atoms with van der Waals surface area (Å²) in [6.45, 7) is 19.6. The predicted octanol–water partition coefficient (Wildman–Crippen LogP) is 7.41. The first-order valence-corrected chi connectivity index (χ1v) is 8.44. The van der Waals surface area contributed by atoms with Gasteiger partial charge in [0.05, 0.1) is 6.61 Å². The lowest BCUT2D eigenvalue weighted by atomic mass is 10.1. The Morgan fingerprint density at radius 3 is 2.29 bits per heavy atom. The Hall–Kier alpha value is -3.27. The van der Waals surface area contributed by atoms with Gasteiger partial charge >= 0.3 is 0 Å². The van der Waals surface area contributed by atoms with Gasteiger partial charge in [-0.1, -0.05) is 75.4 Å². The van der Waals surface area contributed by atoms with Gasteiger partial charge < -0.3 is 4.74 Å². The van der Waals surface area contributed by atoms with Crippen LogP contribution in [0.25, 0.3) is 12.2 Å². The van der Waals surface area contributed by atoms with Crippen LogP contribution in [0, 0.1) is 5.82 Å². The maximum Gasteiger partial charge on any atom is 0.200 e. The van der Waals surface area contributed by atoms with Crippen LogP contribution in [-0.4, -0.2) is 6.61 Å². The zero-order chi connectivity index (χ0) is 21.3. The second kappa shape index (κ2) is 10.8. The maximum atomic E-state index is 14.1. The third-order valence-corrected chi connectivity index (χ3v) is 3.64. The van der Waals surface area contributed by atoms with Crippen LogP contribution in [0.1, 0.15) is 18.1 Å². The smallest absolute Gasteiger partial charge is 0.200 e. The van der Waals surface area contributed by atoms with Crippen LogP contribution < -0.4 is 0 Å². The van der Waals surface area contributed by atoms with Gasteiger partial charge in [0.2, 0.25) is 5.83 Å². The summed E-state index contributed by atoms with van der Waals surface area (Å²) in [6, 6.07) is 4.73. The lowest BCUT2D eigenvalue weighted by Crippen LogP contribution is -1.95. The average Bonchev–Trinajstić information content (AvgIpc) is 2.69. The van der Waals surface area contributed by atoms with Crippen molar-refractivity contribution < 1.29 is 17.9 Å². The van der Waals surface area contributed by atoms with E-state index in [9.17, 15) is 13.2 Å². The van der Waals surface area contributed by atoms with Crippen LogP contribution in [-0.2, 0) is 4.74 Å². The molecule has 1 nitrogen and oxygen atoms in total. The van der Waals surface area contributed by atoms with E-state index in [2.05, 4.69) is 32.9 Å². The average molecular weight is 384 g/mol. The van der Waals surface area contributed by atoms with E-state index in [1.54, 1.807) is 37.3 Å². The Bertz CT molecular complexity index is 898. The summed E-state index contributed by atoms with van der Waals surface area (Å²) in [5, 5.41) is 0. The highest BCUT2D eigenvalue weighted by atomic mass is 19.2. The van der Waals surface area contributed by atoms with E-state index in [0.29, 0.717) is 16.7 Å². The van der Waals surface area contributed by atoms with E-state index in [0.717, 1.165) is 0 Å². The maximum absolute atomic E-state index is 14.1. The van der Waals surface area contributed by atoms with E-state index in [1.807, 2.05) is 0 Å². The number of hydrogen-bond donors (Lipinski definition) is 0. The summed E-state index contributed by atoms with van der Waals surface area (Å²) in [6.07, 6.45) is 7.66. The molecule has 0 bridgehead atoms. The Kier molecular flexibility index (Phi) is 8.76. The van der Waals surface area contributed by atoms with Gasteiger partial charge in [0.1, 0.15) is 5.82 Å². The molecule has 146 valence electrons. The summed E-state index contributed by atoms with van der Waals surface area (Å²) in [5.74, 6) is -3.22. The predicted molar refractivity (Wildman–Crippen MR) is 112 cm³/mol. The number of halogens is 3. The minimum Gasteiger partial charge on any atom is -0.491 e. The van der Waals surface area contributed by atoms with Crippen molar-refractivity contribution in [1.82, 2.24) is 0 Å². The topological polar surface area (TPSA) is 9.23 Å². The molecule has 0 unspecified atom stereocenters. The molecule has 0 amide bonds. The summed E-state index contributed by atoms with van der Waals surface area (Å²) in [5.41, 5.74) is 1.47. The lowest BCUT2D eigenvalue weighted by molar-refractivity contribution is 0.224. The largest absolute Gasteiger partial charge is 0.491 e. The number of hydrogen-bond acceptors (Lipinski definition) is 1. The van der Waals surface area contributed by atoms with Crippen molar-refractivity contribution in [3.63, 3.8) is 0 Å². The molecule has 0 saturated heterocycles. The van der Waals surface area contributed by atoms with Crippen molar-refractivity contribution in [3.8, 4) is 0 Å². The van der Waals surface area contributed by atoms with Gasteiger partial charge in [0.25, 0.3) is 0 Å². The number of allylic oxidation sites excluding steroid dienone is 8. The van der Waals surface area contributed by atoms with Gasteiger partial charge in [-0.2, -0.15) is 4.39 Å². The molecule has 1 aromatic carbocycles. The Labute approximate surface area is 164 Å². The van der Waals surface area contributed by atoms with Gasteiger partial charge in [0, 0.05) is 11.1 Å². The Morgan fingerprint density at radius 1 is 1.04 bits per heavy atom. The third-order valence-electron chi connectivity index (χ3n) is 3.64. The molecule has 0 aliphatic heterocycles. The molecule has 0 saturated carbocycles. The molecule has 0 atom stereocenters. The highest BCUT2D eigenvalue weighted by Gasteiger charge is 2.15. The minimum absolute atomic E-state index is 0.146. The van der Waals surface area contributed by atoms with E-state index in [1.165, 1.54) is 18.2 Å². The molecule has 1 rings (SSSR count). The highest BCUT2D eigenvalue weighted by molar-refractivity contribution is 5.59. The molecule has 0 heterocycles. The van der Waals surface area contributed by atoms with Crippen LogP contribution >= 0.6 is 0 Å². The van der Waals surface area contributed by atoms with E-state index in [4.69, 9.17) is 4.74 Å². The van der Waals surface area contributed by atoms with Crippen molar-refractivity contribution in [1.29, 1.82) is 0 Å². The van der Waals surface area contributed by atoms with Crippen molar-refractivity contribution in [2.45, 2.75) is 6.92 Å². The first-order valence-electron chi connectivity index (χ1n) is 8.44. The van der Waals surface area contributed by atoms with E-state index in [-0.39, 0.29) is 23.6 Å². The van der Waals surface area contributed by atoms with Crippen molar-refractivity contribution in [3.05, 3.63) is 120 Å². The molecule has 0 radical (unpaired) electrons. The molecule has 1 aromatic rings. The van der Waals surface area contributed by atoms with Crippen LogP contribution in [0.4, 0.5) is 13.2 Å². The Balaban J connectivity index is 2.82. The second-order valence-corrected chi connectivity index (χ2v) is 5.71. The molecule has 0 fully saturated rings. The minimum atomic E-state index is -1.22. The van der Waals surface area contributed by atoms with Crippen LogP contribution in [0.2, 0.25) is 0 Å². The zero-order valence-electron chi connectivity index (χ0n) is 15.9. The van der Waals surface area contributed by atoms with Crippen molar-refractivity contribution in [2.75, 3.05) is 6.61 Å². The molecule has 4 heteroatoms. The molecular formula is C24H23F3O. The molecule has 0 aromatic heterocycles. The molecule has 28 heavy (non-hydrogen) atoms. The fourth-order valence-corrected chi connectivity index (χ4v) is 2.00. The summed E-state index contributed by atoms with van der Waals surface area (Å²) in [4.78, 5) is 0. The number of rotatable bonds is 10. The standard InChI is InChI=1S/C24H23F3O/c1-7-20-12-14-21(22(25)15-20)13-10-16(3)9-11-17(4)18(5)23(26)24(27)19(6)28-8-2/h7,9-15H,1,3-6,8H2,2H3/b11-9-,13-10+,24-23-. The second-order valence-electron chi connectivity index (χ2n) is 5.71. The first-order chi connectivity index (χ1) is 13.2. The summed E-state index contributed by atoms with van der Waals surface area (Å²) < 4.78 is 46.7. The van der Waals surface area contributed by atoms with E-state index < -0.39 is 17.4 Å². The van der Waals surface area contributed by atoms with Crippen LogP contribution in [0.3, 0.4) is 0 Å². The molecule has 0 aliphatic rings. The molecule has 0 aliphatic carbocycles. The van der Waals surface area contributed by atoms with Crippen molar-refractivity contribution >= 4 is 12.2 Å². The quantitative estimate of drug-likeness (QED) is 0.301. The number of ether oxygens (including phenoxy) is 1. The van der Waals surface area contributed by atoms with Crippen molar-refractivity contribution in [2.24, 2.45) is 0 Å². The zero-order valence-corrected chi connectivity index (χ0v) is 15.9. The fourth-order valence-electron chi connectivity index (χ4n) is 2.00.